The second kappa shape index (κ2) is 12.1. The van der Waals surface area contributed by atoms with Gasteiger partial charge in [0, 0.05) is 18.0 Å². The molecule has 6 heteroatoms. The first kappa shape index (κ1) is 29.8. The maximum atomic E-state index is 12.0. The number of benzene rings is 4. The molecular formula is C40H38N2O4. The SMILES string of the molecule is CC(C)c1ccc(-c2ccc(-c3cc(-c4ccc5c(c4)[C@H](N)CO5)cc([C@H](O)CN4C=CC5C=CC=C(C(=O)O)C54)c3)cc2)cc1. The molecule has 0 saturated carbocycles. The van der Waals surface area contributed by atoms with Crippen molar-refractivity contribution in [1.29, 1.82) is 0 Å². The number of fused-ring (bicyclic) bond motifs is 2. The molecule has 1 aliphatic carbocycles. The first-order chi connectivity index (χ1) is 22.2. The highest BCUT2D eigenvalue weighted by molar-refractivity contribution is 5.89. The molecule has 4 N–H and O–H groups in total. The number of aliphatic hydroxyl groups is 1. The molecule has 3 aliphatic rings. The molecule has 2 aliphatic heterocycles. The maximum Gasteiger partial charge on any atom is 0.333 e. The summed E-state index contributed by atoms with van der Waals surface area (Å²) in [6.07, 6.45) is 8.50. The molecule has 4 aromatic rings. The normalized spacial score (nSPS) is 20.3. The summed E-state index contributed by atoms with van der Waals surface area (Å²) >= 11 is 0. The molecule has 2 unspecified atom stereocenters. The Labute approximate surface area is 269 Å². The van der Waals surface area contributed by atoms with Crippen LogP contribution in [0.5, 0.6) is 5.75 Å². The van der Waals surface area contributed by atoms with Gasteiger partial charge in [0.2, 0.25) is 0 Å². The highest BCUT2D eigenvalue weighted by atomic mass is 16.5. The van der Waals surface area contributed by atoms with Gasteiger partial charge in [-0.15, -0.1) is 0 Å². The predicted molar refractivity (Wildman–Crippen MR) is 182 cm³/mol. The summed E-state index contributed by atoms with van der Waals surface area (Å²) in [5.74, 6) is 0.317. The van der Waals surface area contributed by atoms with E-state index in [0.29, 0.717) is 18.1 Å². The minimum Gasteiger partial charge on any atom is -0.491 e. The molecule has 6 nitrogen and oxygen atoms in total. The number of nitrogens with two attached hydrogens (primary N) is 1. The fourth-order valence-corrected chi connectivity index (χ4v) is 6.76. The Morgan fingerprint density at radius 1 is 0.848 bits per heavy atom. The van der Waals surface area contributed by atoms with E-state index in [1.54, 1.807) is 12.2 Å². The fourth-order valence-electron chi connectivity index (χ4n) is 6.76. The summed E-state index contributed by atoms with van der Waals surface area (Å²) in [4.78, 5) is 14.0. The number of carboxylic acids is 1. The van der Waals surface area contributed by atoms with Crippen LogP contribution in [0.4, 0.5) is 0 Å². The zero-order valence-corrected chi connectivity index (χ0v) is 26.0. The van der Waals surface area contributed by atoms with Crippen LogP contribution in [0.3, 0.4) is 0 Å². The Morgan fingerprint density at radius 3 is 2.15 bits per heavy atom. The molecule has 0 fully saturated rings. The van der Waals surface area contributed by atoms with Crippen molar-refractivity contribution in [3.05, 3.63) is 138 Å². The monoisotopic (exact) mass is 610 g/mol. The number of allylic oxidation sites excluding steroid dienone is 2. The first-order valence-electron chi connectivity index (χ1n) is 15.9. The van der Waals surface area contributed by atoms with Crippen LogP contribution < -0.4 is 10.5 Å². The maximum absolute atomic E-state index is 12.0. The topological polar surface area (TPSA) is 96.0 Å². The molecule has 7 rings (SSSR count). The molecule has 0 bridgehead atoms. The molecule has 46 heavy (non-hydrogen) atoms. The third-order valence-corrected chi connectivity index (χ3v) is 9.41. The van der Waals surface area contributed by atoms with Crippen LogP contribution in [0, 0.1) is 5.92 Å². The van der Waals surface area contributed by atoms with Crippen molar-refractivity contribution in [3.63, 3.8) is 0 Å². The summed E-state index contributed by atoms with van der Waals surface area (Å²) < 4.78 is 5.74. The summed E-state index contributed by atoms with van der Waals surface area (Å²) in [5.41, 5.74) is 16.0. The summed E-state index contributed by atoms with van der Waals surface area (Å²) in [5, 5.41) is 21.5. The zero-order valence-electron chi connectivity index (χ0n) is 26.0. The molecule has 0 radical (unpaired) electrons. The highest BCUT2D eigenvalue weighted by Gasteiger charge is 2.36. The lowest BCUT2D eigenvalue weighted by Gasteiger charge is -2.32. The van der Waals surface area contributed by atoms with Crippen LogP contribution in [0.1, 0.15) is 48.6 Å². The standard InChI is InChI=1S/C40H38N2O4/c1-24(2)25-6-8-26(9-7-25)27-10-12-28(13-11-27)31-18-32(30-14-15-38-35(21-30)36(41)23-46-38)20-33(19-31)37(43)22-42-17-16-29-4-3-5-34(39(29)42)40(44)45/h3-21,24,29,36-37,39,43H,22-23,41H2,1-2H3,(H,44,45)/t29?,36-,37-,39?/m1/s1. The number of hydrogen-bond acceptors (Lipinski definition) is 5. The smallest absolute Gasteiger partial charge is 0.333 e. The van der Waals surface area contributed by atoms with E-state index in [2.05, 4.69) is 74.5 Å². The van der Waals surface area contributed by atoms with Gasteiger partial charge in [-0.1, -0.05) is 86.7 Å². The third kappa shape index (κ3) is 5.66. The fraction of sp³-hybridized carbons (Fsp3) is 0.225. The number of aliphatic carboxylic acids is 1. The van der Waals surface area contributed by atoms with Crippen molar-refractivity contribution < 1.29 is 19.7 Å². The van der Waals surface area contributed by atoms with Gasteiger partial charge in [-0.3, -0.25) is 0 Å². The molecule has 4 aromatic carbocycles. The first-order valence-corrected chi connectivity index (χ1v) is 15.9. The van der Waals surface area contributed by atoms with Crippen molar-refractivity contribution in [2.75, 3.05) is 13.2 Å². The average molecular weight is 611 g/mol. The Hall–Kier alpha value is -4.91. The minimum absolute atomic E-state index is 0.0388. The quantitative estimate of drug-likeness (QED) is 0.190. The van der Waals surface area contributed by atoms with E-state index >= 15 is 0 Å². The number of hydrogen-bond donors (Lipinski definition) is 3. The molecular weight excluding hydrogens is 572 g/mol. The Kier molecular flexibility index (Phi) is 7.85. The Bertz CT molecular complexity index is 1870. The van der Waals surface area contributed by atoms with Gasteiger partial charge in [0.1, 0.15) is 12.4 Å². The van der Waals surface area contributed by atoms with E-state index in [0.717, 1.165) is 44.7 Å². The van der Waals surface area contributed by atoms with E-state index in [-0.39, 0.29) is 24.5 Å². The van der Waals surface area contributed by atoms with Gasteiger partial charge in [0.05, 0.1) is 23.8 Å². The largest absolute Gasteiger partial charge is 0.491 e. The van der Waals surface area contributed by atoms with E-state index in [1.807, 2.05) is 47.5 Å². The van der Waals surface area contributed by atoms with Gasteiger partial charge in [0.15, 0.2) is 0 Å². The number of carboxylic acid groups (broad SMARTS) is 1. The number of β-amino-alcohol motifs (C(OH)–C–C–N with tert-alkyl or cyclic N) is 1. The molecule has 0 spiro atoms. The second-order valence-electron chi connectivity index (χ2n) is 12.8. The van der Waals surface area contributed by atoms with Crippen LogP contribution in [0.25, 0.3) is 33.4 Å². The van der Waals surface area contributed by atoms with Gasteiger partial charge in [-0.25, -0.2) is 4.79 Å². The van der Waals surface area contributed by atoms with Crippen molar-refractivity contribution >= 4 is 5.97 Å². The number of nitrogens with zero attached hydrogens (tertiary/aromatic N) is 1. The summed E-state index contributed by atoms with van der Waals surface area (Å²) in [7, 11) is 0. The molecule has 2 heterocycles. The summed E-state index contributed by atoms with van der Waals surface area (Å²) in [6, 6.07) is 29.0. The number of rotatable bonds is 8. The lowest BCUT2D eigenvalue weighted by molar-refractivity contribution is -0.133. The average Bonchev–Trinajstić information content (AvgIpc) is 3.67. The minimum atomic E-state index is -0.940. The van der Waals surface area contributed by atoms with Crippen LogP contribution in [0.2, 0.25) is 0 Å². The van der Waals surface area contributed by atoms with Crippen LogP contribution >= 0.6 is 0 Å². The highest BCUT2D eigenvalue weighted by Crippen LogP contribution is 2.38. The van der Waals surface area contributed by atoms with Crippen molar-refractivity contribution in [2.45, 2.75) is 38.0 Å². The predicted octanol–water partition coefficient (Wildman–Crippen LogP) is 7.63. The van der Waals surface area contributed by atoms with Gasteiger partial charge in [-0.2, -0.15) is 0 Å². The van der Waals surface area contributed by atoms with Crippen LogP contribution in [-0.2, 0) is 4.79 Å². The lowest BCUT2D eigenvalue weighted by Crippen LogP contribution is -2.39. The van der Waals surface area contributed by atoms with Crippen molar-refractivity contribution in [3.8, 4) is 39.1 Å². The Morgan fingerprint density at radius 2 is 1.48 bits per heavy atom. The van der Waals surface area contributed by atoms with Crippen LogP contribution in [-0.4, -0.2) is 40.3 Å². The van der Waals surface area contributed by atoms with Gasteiger partial charge in [0.25, 0.3) is 0 Å². The molecule has 0 saturated heterocycles. The summed E-state index contributed by atoms with van der Waals surface area (Å²) in [6.45, 7) is 5.12. The molecule has 232 valence electrons. The molecule has 0 aromatic heterocycles. The second-order valence-corrected chi connectivity index (χ2v) is 12.8. The van der Waals surface area contributed by atoms with Gasteiger partial charge < -0.3 is 25.6 Å². The van der Waals surface area contributed by atoms with Crippen LogP contribution in [0.15, 0.2) is 121 Å². The number of carbonyl (C=O) groups is 1. The van der Waals surface area contributed by atoms with E-state index in [9.17, 15) is 15.0 Å². The van der Waals surface area contributed by atoms with E-state index < -0.39 is 12.1 Å². The molecule has 4 atom stereocenters. The Balaban J connectivity index is 1.23. The van der Waals surface area contributed by atoms with Gasteiger partial charge in [-0.05, 0) is 93.0 Å². The van der Waals surface area contributed by atoms with Crippen molar-refractivity contribution in [2.24, 2.45) is 11.7 Å². The lowest BCUT2D eigenvalue weighted by atomic mass is 9.89. The zero-order chi connectivity index (χ0) is 31.9. The van der Waals surface area contributed by atoms with Gasteiger partial charge >= 0.3 is 5.97 Å². The van der Waals surface area contributed by atoms with Crippen molar-refractivity contribution in [1.82, 2.24) is 4.90 Å². The number of ether oxygens (including phenoxy) is 1. The van der Waals surface area contributed by atoms with E-state index in [1.165, 1.54) is 11.1 Å². The van der Waals surface area contributed by atoms with E-state index in [4.69, 9.17) is 10.5 Å². The third-order valence-electron chi connectivity index (χ3n) is 9.41. The molecule has 0 amide bonds. The number of aliphatic hydroxyl groups excluding tert-OH is 1.